The number of carbonyl (C=O) groups excluding carboxylic acids is 2. The molecule has 33 heavy (non-hydrogen) atoms. The van der Waals surface area contributed by atoms with Gasteiger partial charge in [0.1, 0.15) is 0 Å². The molecule has 172 valence electrons. The fraction of sp³-hybridized carbons (Fsp3) is 0.231. The lowest BCUT2D eigenvalue weighted by Gasteiger charge is -2.19. The van der Waals surface area contributed by atoms with E-state index < -0.39 is 10.0 Å². The number of carbonyl (C=O) groups is 2. The molecular weight excluding hydrogens is 436 g/mol. The predicted octanol–water partition coefficient (Wildman–Crippen LogP) is 4.44. The Balaban J connectivity index is 1.79. The molecule has 0 spiro atoms. The summed E-state index contributed by atoms with van der Waals surface area (Å²) in [6.07, 6.45) is 0. The first-order chi connectivity index (χ1) is 15.8. The molecule has 0 aromatic heterocycles. The van der Waals surface area contributed by atoms with Crippen molar-refractivity contribution in [3.05, 3.63) is 101 Å². The highest BCUT2D eigenvalue weighted by Crippen LogP contribution is 2.21. The monoisotopic (exact) mass is 464 g/mol. The van der Waals surface area contributed by atoms with Crippen molar-refractivity contribution in [1.29, 1.82) is 0 Å². The van der Waals surface area contributed by atoms with Crippen molar-refractivity contribution in [2.45, 2.75) is 31.7 Å². The van der Waals surface area contributed by atoms with Gasteiger partial charge < -0.3 is 5.32 Å². The maximum Gasteiger partial charge on any atom is 0.252 e. The van der Waals surface area contributed by atoms with Crippen molar-refractivity contribution in [2.75, 3.05) is 13.1 Å². The summed E-state index contributed by atoms with van der Waals surface area (Å²) in [5, 5.41) is 2.91. The zero-order valence-electron chi connectivity index (χ0n) is 19.0. The van der Waals surface area contributed by atoms with E-state index in [1.165, 1.54) is 4.31 Å². The summed E-state index contributed by atoms with van der Waals surface area (Å²) < 4.78 is 26.8. The van der Waals surface area contributed by atoms with E-state index in [0.717, 1.165) is 5.56 Å². The van der Waals surface area contributed by atoms with Crippen LogP contribution in [0.5, 0.6) is 0 Å². The quantitative estimate of drug-likeness (QED) is 0.475. The maximum atomic E-state index is 13.0. The lowest BCUT2D eigenvalue weighted by molar-refractivity contribution is 0.0929. The summed E-state index contributed by atoms with van der Waals surface area (Å²) >= 11 is 0. The number of ketones is 1. The summed E-state index contributed by atoms with van der Waals surface area (Å²) in [5.74, 6) is -0.595. The number of hydrogen-bond donors (Lipinski definition) is 1. The highest BCUT2D eigenvalue weighted by Gasteiger charge is 2.23. The van der Waals surface area contributed by atoms with E-state index in [1.54, 1.807) is 86.6 Å². The summed E-state index contributed by atoms with van der Waals surface area (Å²) in [6, 6.07) is 21.6. The summed E-state index contributed by atoms with van der Waals surface area (Å²) in [6.45, 7) is 6.20. The molecular formula is C26H28N2O4S. The Labute approximate surface area is 195 Å². The lowest BCUT2D eigenvalue weighted by atomic mass is 9.97. The SMILES string of the molecule is CCN(CC)S(=O)(=O)c1ccc([C@H](C)NC(=O)c2ccccc2C(=O)c2ccccc2)cc1. The number of benzene rings is 3. The first-order valence-electron chi connectivity index (χ1n) is 10.9. The Morgan fingerprint density at radius 3 is 1.94 bits per heavy atom. The van der Waals surface area contributed by atoms with Crippen LogP contribution in [0.2, 0.25) is 0 Å². The Morgan fingerprint density at radius 1 is 0.818 bits per heavy atom. The number of rotatable bonds is 9. The molecule has 0 fully saturated rings. The van der Waals surface area contributed by atoms with Gasteiger partial charge in [-0.1, -0.05) is 74.5 Å². The Hall–Kier alpha value is -3.29. The van der Waals surface area contributed by atoms with Crippen molar-refractivity contribution in [2.24, 2.45) is 0 Å². The molecule has 1 amide bonds. The molecule has 0 heterocycles. The zero-order chi connectivity index (χ0) is 24.0. The van der Waals surface area contributed by atoms with Gasteiger partial charge in [0.15, 0.2) is 5.78 Å². The molecule has 0 aliphatic rings. The predicted molar refractivity (Wildman–Crippen MR) is 129 cm³/mol. The van der Waals surface area contributed by atoms with Gasteiger partial charge in [-0.3, -0.25) is 9.59 Å². The van der Waals surface area contributed by atoms with E-state index in [4.69, 9.17) is 0 Å². The average Bonchev–Trinajstić information content (AvgIpc) is 2.84. The van der Waals surface area contributed by atoms with Crippen LogP contribution in [0.25, 0.3) is 0 Å². The van der Waals surface area contributed by atoms with Crippen LogP contribution >= 0.6 is 0 Å². The van der Waals surface area contributed by atoms with E-state index in [1.807, 2.05) is 13.0 Å². The molecule has 1 atom stereocenters. The second-order valence-electron chi connectivity index (χ2n) is 7.59. The molecule has 0 aliphatic carbocycles. The fourth-order valence-electron chi connectivity index (χ4n) is 3.62. The van der Waals surface area contributed by atoms with Gasteiger partial charge in [-0.25, -0.2) is 8.42 Å². The third kappa shape index (κ3) is 5.38. The van der Waals surface area contributed by atoms with Crippen LogP contribution in [-0.4, -0.2) is 37.5 Å². The van der Waals surface area contributed by atoms with Crippen LogP contribution in [0.4, 0.5) is 0 Å². The van der Waals surface area contributed by atoms with Crippen LogP contribution in [0.3, 0.4) is 0 Å². The fourth-order valence-corrected chi connectivity index (χ4v) is 5.08. The molecule has 1 N–H and O–H groups in total. The smallest absolute Gasteiger partial charge is 0.252 e. The van der Waals surface area contributed by atoms with E-state index >= 15 is 0 Å². The third-order valence-corrected chi connectivity index (χ3v) is 7.59. The Kier molecular flexibility index (Phi) is 7.79. The van der Waals surface area contributed by atoms with Crippen LogP contribution in [0.15, 0.2) is 83.8 Å². The Morgan fingerprint density at radius 2 is 1.36 bits per heavy atom. The van der Waals surface area contributed by atoms with Gasteiger partial charge in [0.05, 0.1) is 16.5 Å². The molecule has 7 heteroatoms. The molecule has 0 bridgehead atoms. The number of sulfonamides is 1. The van der Waals surface area contributed by atoms with Crippen molar-refractivity contribution in [1.82, 2.24) is 9.62 Å². The van der Waals surface area contributed by atoms with Crippen LogP contribution in [0, 0.1) is 0 Å². The van der Waals surface area contributed by atoms with Crippen molar-refractivity contribution in [3.8, 4) is 0 Å². The van der Waals surface area contributed by atoms with Gasteiger partial charge in [-0.2, -0.15) is 4.31 Å². The highest BCUT2D eigenvalue weighted by atomic mass is 32.2. The molecule has 0 saturated carbocycles. The third-order valence-electron chi connectivity index (χ3n) is 5.52. The van der Waals surface area contributed by atoms with Gasteiger partial charge in [-0.15, -0.1) is 0 Å². The van der Waals surface area contributed by atoms with Gasteiger partial charge in [0.2, 0.25) is 10.0 Å². The van der Waals surface area contributed by atoms with Gasteiger partial charge in [0, 0.05) is 24.2 Å². The zero-order valence-corrected chi connectivity index (χ0v) is 19.8. The molecule has 0 saturated heterocycles. The van der Waals surface area contributed by atoms with Gasteiger partial charge in [-0.05, 0) is 30.7 Å². The number of nitrogens with zero attached hydrogens (tertiary/aromatic N) is 1. The molecule has 3 aromatic carbocycles. The number of amides is 1. The van der Waals surface area contributed by atoms with Crippen molar-refractivity contribution < 1.29 is 18.0 Å². The van der Waals surface area contributed by atoms with Crippen LogP contribution in [0.1, 0.15) is 58.7 Å². The molecule has 6 nitrogen and oxygen atoms in total. The summed E-state index contributed by atoms with van der Waals surface area (Å²) in [4.78, 5) is 26.1. The van der Waals surface area contributed by atoms with Crippen LogP contribution < -0.4 is 5.32 Å². The molecule has 0 radical (unpaired) electrons. The van der Waals surface area contributed by atoms with E-state index in [2.05, 4.69) is 5.32 Å². The summed E-state index contributed by atoms with van der Waals surface area (Å²) in [5.41, 5.74) is 1.89. The largest absolute Gasteiger partial charge is 0.345 e. The lowest BCUT2D eigenvalue weighted by Crippen LogP contribution is -2.30. The number of nitrogens with one attached hydrogen (secondary N) is 1. The van der Waals surface area contributed by atoms with Gasteiger partial charge >= 0.3 is 0 Å². The molecule has 0 unspecified atom stereocenters. The summed E-state index contributed by atoms with van der Waals surface area (Å²) in [7, 11) is -3.54. The first-order valence-corrected chi connectivity index (χ1v) is 12.3. The normalized spacial score (nSPS) is 12.4. The van der Waals surface area contributed by atoms with E-state index in [9.17, 15) is 18.0 Å². The first kappa shape index (κ1) is 24.4. The van der Waals surface area contributed by atoms with Gasteiger partial charge in [0.25, 0.3) is 5.91 Å². The standard InChI is InChI=1S/C26H28N2O4S/c1-4-28(5-2)33(31,32)22-17-15-20(16-18-22)19(3)27-26(30)24-14-10-9-13-23(24)25(29)21-11-7-6-8-12-21/h6-19H,4-5H2,1-3H3,(H,27,30)/t19-/m0/s1. The van der Waals surface area contributed by atoms with Crippen molar-refractivity contribution >= 4 is 21.7 Å². The average molecular weight is 465 g/mol. The highest BCUT2D eigenvalue weighted by molar-refractivity contribution is 7.89. The molecule has 3 rings (SSSR count). The minimum atomic E-state index is -3.54. The molecule has 3 aromatic rings. The second-order valence-corrected chi connectivity index (χ2v) is 9.53. The minimum absolute atomic E-state index is 0.215. The maximum absolute atomic E-state index is 13.0. The Bertz CT molecular complexity index is 1220. The van der Waals surface area contributed by atoms with Crippen LogP contribution in [-0.2, 0) is 10.0 Å². The van der Waals surface area contributed by atoms with E-state index in [0.29, 0.717) is 29.8 Å². The van der Waals surface area contributed by atoms with E-state index in [-0.39, 0.29) is 22.6 Å². The second kappa shape index (κ2) is 10.6. The topological polar surface area (TPSA) is 83.6 Å². The van der Waals surface area contributed by atoms with Crippen molar-refractivity contribution in [3.63, 3.8) is 0 Å². The number of hydrogen-bond acceptors (Lipinski definition) is 4. The minimum Gasteiger partial charge on any atom is -0.345 e. The molecule has 0 aliphatic heterocycles.